The van der Waals surface area contributed by atoms with Crippen LogP contribution in [0.2, 0.25) is 0 Å². The molecule has 2 fully saturated rings. The number of nitrogens with zero attached hydrogens (tertiary/aromatic N) is 2. The Hall–Kier alpha value is -1.85. The van der Waals surface area contributed by atoms with Gasteiger partial charge in [0.1, 0.15) is 5.60 Å². The number of anilines is 1. The van der Waals surface area contributed by atoms with E-state index >= 15 is 0 Å². The maximum Gasteiger partial charge on any atom is 0.410 e. The van der Waals surface area contributed by atoms with Gasteiger partial charge in [-0.15, -0.1) is 0 Å². The summed E-state index contributed by atoms with van der Waals surface area (Å²) >= 11 is 0. The largest absolute Gasteiger partial charge is 0.444 e. The summed E-state index contributed by atoms with van der Waals surface area (Å²) in [5, 5.41) is 0. The monoisotopic (exact) mass is 307 g/mol. The van der Waals surface area contributed by atoms with E-state index in [1.165, 1.54) is 6.20 Å². The first-order chi connectivity index (χ1) is 10.3. The molecule has 0 radical (unpaired) electrons. The van der Waals surface area contributed by atoms with Crippen LogP contribution in [0.3, 0.4) is 0 Å². The van der Waals surface area contributed by atoms with Crippen molar-refractivity contribution < 1.29 is 13.9 Å². The normalized spacial score (nSPS) is 27.3. The Labute approximate surface area is 129 Å². The molecule has 6 heteroatoms. The summed E-state index contributed by atoms with van der Waals surface area (Å²) in [6.07, 6.45) is 4.06. The van der Waals surface area contributed by atoms with E-state index in [2.05, 4.69) is 4.98 Å². The van der Waals surface area contributed by atoms with Crippen molar-refractivity contribution in [1.82, 2.24) is 9.88 Å². The topological polar surface area (TPSA) is 68.5 Å². The molecule has 3 rings (SSSR count). The third kappa shape index (κ3) is 2.62. The number of rotatable bonds is 1. The Balaban J connectivity index is 1.81. The van der Waals surface area contributed by atoms with Crippen molar-refractivity contribution in [3.63, 3.8) is 0 Å². The molecule has 2 aliphatic heterocycles. The average molecular weight is 307 g/mol. The third-order valence-corrected chi connectivity index (χ3v) is 4.46. The first-order valence-corrected chi connectivity index (χ1v) is 7.68. The summed E-state index contributed by atoms with van der Waals surface area (Å²) in [5.41, 5.74) is 6.08. The van der Waals surface area contributed by atoms with Crippen LogP contribution in [0.25, 0.3) is 0 Å². The van der Waals surface area contributed by atoms with E-state index in [0.717, 1.165) is 24.8 Å². The Kier molecular flexibility index (Phi) is 3.50. The van der Waals surface area contributed by atoms with Crippen LogP contribution < -0.4 is 5.73 Å². The molecule has 0 spiro atoms. The molecular weight excluding hydrogens is 285 g/mol. The molecule has 1 amide bonds. The molecule has 1 aromatic rings. The van der Waals surface area contributed by atoms with E-state index in [9.17, 15) is 9.18 Å². The van der Waals surface area contributed by atoms with Crippen LogP contribution in [0.1, 0.15) is 51.5 Å². The highest BCUT2D eigenvalue weighted by Crippen LogP contribution is 2.47. The molecule has 1 aromatic heterocycles. The van der Waals surface area contributed by atoms with Crippen molar-refractivity contribution in [2.24, 2.45) is 0 Å². The number of carbonyl (C=O) groups is 1. The minimum absolute atomic E-state index is 0.0593. The van der Waals surface area contributed by atoms with E-state index in [0.29, 0.717) is 0 Å². The van der Waals surface area contributed by atoms with Crippen molar-refractivity contribution in [3.8, 4) is 0 Å². The summed E-state index contributed by atoms with van der Waals surface area (Å²) < 4.78 is 18.8. The second kappa shape index (κ2) is 5.11. The number of halogens is 1. The third-order valence-electron chi connectivity index (χ3n) is 4.46. The number of fused-ring (bicyclic) bond motifs is 2. The number of carbonyl (C=O) groups excluding carboxylic acids is 1. The summed E-state index contributed by atoms with van der Waals surface area (Å²) in [6, 6.07) is 1.92. The SMILES string of the molecule is CC(C)(C)OC(=O)N1C2CCC1C(c1cnc(F)c(N)c1)C2. The van der Waals surface area contributed by atoms with Crippen LogP contribution in [-0.2, 0) is 4.74 Å². The molecule has 2 N–H and O–H groups in total. The van der Waals surface area contributed by atoms with Crippen LogP contribution in [0.15, 0.2) is 12.3 Å². The maximum atomic E-state index is 13.2. The molecule has 3 unspecified atom stereocenters. The summed E-state index contributed by atoms with van der Waals surface area (Å²) in [5.74, 6) is -0.488. The Bertz CT molecular complexity index is 600. The van der Waals surface area contributed by atoms with Crippen molar-refractivity contribution in [3.05, 3.63) is 23.8 Å². The lowest BCUT2D eigenvalue weighted by atomic mass is 9.84. The number of hydrogen-bond acceptors (Lipinski definition) is 4. The number of hydrogen-bond donors (Lipinski definition) is 1. The molecule has 120 valence electrons. The van der Waals surface area contributed by atoms with Crippen molar-refractivity contribution in [2.45, 2.75) is 63.6 Å². The van der Waals surface area contributed by atoms with Gasteiger partial charge in [-0.3, -0.25) is 0 Å². The summed E-state index contributed by atoms with van der Waals surface area (Å²) in [6.45, 7) is 5.60. The number of ether oxygens (including phenoxy) is 1. The molecule has 2 aliphatic rings. The van der Waals surface area contributed by atoms with Crippen LogP contribution in [0, 0.1) is 5.95 Å². The number of nitrogen functional groups attached to an aromatic ring is 1. The number of amides is 1. The maximum absolute atomic E-state index is 13.2. The van der Waals surface area contributed by atoms with Gasteiger partial charge < -0.3 is 15.4 Å². The zero-order valence-electron chi connectivity index (χ0n) is 13.2. The smallest absolute Gasteiger partial charge is 0.410 e. The van der Waals surface area contributed by atoms with E-state index in [1.54, 1.807) is 6.07 Å². The fourth-order valence-electron chi connectivity index (χ4n) is 3.63. The van der Waals surface area contributed by atoms with Gasteiger partial charge >= 0.3 is 6.09 Å². The van der Waals surface area contributed by atoms with Gasteiger partial charge in [0.2, 0.25) is 5.95 Å². The molecule has 0 aromatic carbocycles. The minimum Gasteiger partial charge on any atom is -0.444 e. The van der Waals surface area contributed by atoms with Crippen LogP contribution in [-0.4, -0.2) is 33.7 Å². The van der Waals surface area contributed by atoms with E-state index < -0.39 is 11.5 Å². The first kappa shape index (κ1) is 15.1. The standard InChI is InChI=1S/C16H22FN3O2/c1-16(2,3)22-15(21)20-10-4-5-13(20)11(7-10)9-6-12(18)14(17)19-8-9/h6,8,10-11,13H,4-5,7,18H2,1-3H3. The average Bonchev–Trinajstić information content (AvgIpc) is 2.97. The molecule has 2 saturated heterocycles. The van der Waals surface area contributed by atoms with Crippen molar-refractivity contribution in [2.75, 3.05) is 5.73 Å². The van der Waals surface area contributed by atoms with Gasteiger partial charge in [-0.05, 0) is 51.7 Å². The summed E-state index contributed by atoms with van der Waals surface area (Å²) in [7, 11) is 0. The Morgan fingerprint density at radius 2 is 2.18 bits per heavy atom. The van der Waals surface area contributed by atoms with Gasteiger partial charge in [0, 0.05) is 24.2 Å². The lowest BCUT2D eigenvalue weighted by molar-refractivity contribution is 0.0213. The minimum atomic E-state index is -0.643. The van der Waals surface area contributed by atoms with Gasteiger partial charge in [-0.1, -0.05) is 0 Å². The van der Waals surface area contributed by atoms with Gasteiger partial charge in [0.15, 0.2) is 0 Å². The second-order valence-corrected chi connectivity index (χ2v) is 7.18. The Morgan fingerprint density at radius 3 is 2.82 bits per heavy atom. The van der Waals surface area contributed by atoms with Gasteiger partial charge in [0.05, 0.1) is 5.69 Å². The summed E-state index contributed by atoms with van der Waals surface area (Å²) in [4.78, 5) is 18.0. The first-order valence-electron chi connectivity index (χ1n) is 7.68. The quantitative estimate of drug-likeness (QED) is 0.810. The lowest BCUT2D eigenvalue weighted by Gasteiger charge is -2.28. The molecule has 22 heavy (non-hydrogen) atoms. The highest BCUT2D eigenvalue weighted by Gasteiger charge is 2.50. The fourth-order valence-corrected chi connectivity index (χ4v) is 3.63. The molecule has 0 saturated carbocycles. The zero-order valence-corrected chi connectivity index (χ0v) is 13.2. The van der Waals surface area contributed by atoms with Crippen LogP contribution in [0.4, 0.5) is 14.9 Å². The van der Waals surface area contributed by atoms with Crippen LogP contribution in [0.5, 0.6) is 0 Å². The fraction of sp³-hybridized carbons (Fsp3) is 0.625. The van der Waals surface area contributed by atoms with E-state index in [-0.39, 0.29) is 29.8 Å². The molecule has 2 bridgehead atoms. The molecule has 5 nitrogen and oxygen atoms in total. The van der Waals surface area contributed by atoms with E-state index in [1.807, 2.05) is 25.7 Å². The number of pyridine rings is 1. The van der Waals surface area contributed by atoms with Gasteiger partial charge in [-0.2, -0.15) is 4.39 Å². The molecule has 0 aliphatic carbocycles. The predicted octanol–water partition coefficient (Wildman–Crippen LogP) is 3.06. The molecule has 3 atom stereocenters. The highest BCUT2D eigenvalue weighted by molar-refractivity contribution is 5.70. The van der Waals surface area contributed by atoms with Gasteiger partial charge in [-0.25, -0.2) is 9.78 Å². The highest BCUT2D eigenvalue weighted by atomic mass is 19.1. The van der Waals surface area contributed by atoms with Gasteiger partial charge in [0.25, 0.3) is 0 Å². The number of aromatic nitrogens is 1. The predicted molar refractivity (Wildman–Crippen MR) is 80.8 cm³/mol. The molecular formula is C16H22FN3O2. The Morgan fingerprint density at radius 1 is 1.45 bits per heavy atom. The van der Waals surface area contributed by atoms with Crippen molar-refractivity contribution in [1.29, 1.82) is 0 Å². The number of nitrogens with two attached hydrogens (primary N) is 1. The second-order valence-electron chi connectivity index (χ2n) is 7.18. The zero-order chi connectivity index (χ0) is 16.1. The lowest BCUT2D eigenvalue weighted by Crippen LogP contribution is -2.40. The van der Waals surface area contributed by atoms with Crippen molar-refractivity contribution >= 4 is 11.8 Å². The van der Waals surface area contributed by atoms with E-state index in [4.69, 9.17) is 10.5 Å². The molecule has 3 heterocycles. The van der Waals surface area contributed by atoms with Crippen LogP contribution >= 0.6 is 0 Å².